The first kappa shape index (κ1) is 14.6. The lowest BCUT2D eigenvalue weighted by molar-refractivity contribution is -0.116. The molecule has 21 heavy (non-hydrogen) atoms. The maximum Gasteiger partial charge on any atom is 0.224 e. The van der Waals surface area contributed by atoms with Gasteiger partial charge in [-0.05, 0) is 41.7 Å². The van der Waals surface area contributed by atoms with Crippen LogP contribution in [0.2, 0.25) is 0 Å². The van der Waals surface area contributed by atoms with Gasteiger partial charge in [-0.3, -0.25) is 4.79 Å². The van der Waals surface area contributed by atoms with Crippen LogP contribution in [0.15, 0.2) is 40.9 Å². The van der Waals surface area contributed by atoms with Crippen LogP contribution >= 0.6 is 27.5 Å². The van der Waals surface area contributed by atoms with E-state index in [-0.39, 0.29) is 11.3 Å². The van der Waals surface area contributed by atoms with Gasteiger partial charge in [-0.15, -0.1) is 11.6 Å². The zero-order valence-electron chi connectivity index (χ0n) is 11.6. The molecule has 0 saturated carbocycles. The minimum absolute atomic E-state index is 0.0825. The average molecular weight is 365 g/mol. The van der Waals surface area contributed by atoms with Crippen molar-refractivity contribution in [3.63, 3.8) is 0 Å². The molecule has 2 nitrogen and oxygen atoms in total. The predicted molar refractivity (Wildman–Crippen MR) is 90.0 cm³/mol. The number of hydrogen-bond acceptors (Lipinski definition) is 1. The summed E-state index contributed by atoms with van der Waals surface area (Å²) in [7, 11) is 0. The van der Waals surface area contributed by atoms with Gasteiger partial charge >= 0.3 is 0 Å². The molecule has 0 saturated heterocycles. The molecule has 1 amide bonds. The maximum atomic E-state index is 11.4. The van der Waals surface area contributed by atoms with E-state index in [1.165, 1.54) is 5.56 Å². The highest BCUT2D eigenvalue weighted by molar-refractivity contribution is 9.10. The molecule has 4 heteroatoms. The summed E-state index contributed by atoms with van der Waals surface area (Å²) in [6.07, 6.45) is 1.31. The number of benzene rings is 2. The lowest BCUT2D eigenvalue weighted by Crippen LogP contribution is -2.19. The molecule has 0 radical (unpaired) electrons. The summed E-state index contributed by atoms with van der Waals surface area (Å²) in [6, 6.07) is 12.1. The second-order valence-electron chi connectivity index (χ2n) is 5.31. The molecule has 0 spiro atoms. The van der Waals surface area contributed by atoms with Gasteiger partial charge in [-0.25, -0.2) is 0 Å². The number of amides is 1. The highest BCUT2D eigenvalue weighted by Gasteiger charge is 2.19. The maximum absolute atomic E-state index is 11.4. The van der Waals surface area contributed by atoms with Crippen LogP contribution < -0.4 is 5.32 Å². The SMILES string of the molecule is Cc1cccc(C(Cl)c2ccc3c(c2)CCC(=O)N3)c1Br. The predicted octanol–water partition coefficient (Wildman–Crippen LogP) is 4.97. The number of halogens is 2. The Morgan fingerprint density at radius 2 is 2.05 bits per heavy atom. The summed E-state index contributed by atoms with van der Waals surface area (Å²) in [5.74, 6) is 0.0825. The Morgan fingerprint density at radius 3 is 2.86 bits per heavy atom. The van der Waals surface area contributed by atoms with Crippen LogP contribution in [0.4, 0.5) is 5.69 Å². The fraction of sp³-hybridized carbons (Fsp3) is 0.235. The molecule has 1 heterocycles. The molecular weight excluding hydrogens is 350 g/mol. The minimum atomic E-state index is -0.206. The van der Waals surface area contributed by atoms with Gasteiger partial charge in [-0.2, -0.15) is 0 Å². The van der Waals surface area contributed by atoms with E-state index in [0.717, 1.165) is 33.3 Å². The van der Waals surface area contributed by atoms with Crippen molar-refractivity contribution in [3.05, 3.63) is 63.1 Å². The van der Waals surface area contributed by atoms with Gasteiger partial charge in [0, 0.05) is 16.6 Å². The fourth-order valence-corrected chi connectivity index (χ4v) is 3.55. The molecule has 0 aliphatic carbocycles. The molecule has 1 atom stereocenters. The molecule has 0 bridgehead atoms. The number of anilines is 1. The Kier molecular flexibility index (Phi) is 4.05. The van der Waals surface area contributed by atoms with Crippen molar-refractivity contribution in [3.8, 4) is 0 Å². The quantitative estimate of drug-likeness (QED) is 0.749. The van der Waals surface area contributed by atoms with E-state index in [0.29, 0.717) is 6.42 Å². The van der Waals surface area contributed by atoms with Gasteiger partial charge in [0.1, 0.15) is 0 Å². The summed E-state index contributed by atoms with van der Waals surface area (Å²) in [4.78, 5) is 11.4. The van der Waals surface area contributed by atoms with Gasteiger partial charge < -0.3 is 5.32 Å². The van der Waals surface area contributed by atoms with Crippen molar-refractivity contribution in [2.45, 2.75) is 25.1 Å². The third-order valence-electron chi connectivity index (χ3n) is 3.81. The summed E-state index contributed by atoms with van der Waals surface area (Å²) in [5, 5.41) is 2.69. The standard InChI is InChI=1S/C17H15BrClNO/c1-10-3-2-4-13(16(10)18)17(19)12-5-7-14-11(9-12)6-8-15(21)20-14/h2-5,7,9,17H,6,8H2,1H3,(H,20,21). The first-order valence-electron chi connectivity index (χ1n) is 6.88. The van der Waals surface area contributed by atoms with Crippen molar-refractivity contribution in [2.24, 2.45) is 0 Å². The second kappa shape index (κ2) is 5.82. The number of fused-ring (bicyclic) bond motifs is 1. The van der Waals surface area contributed by atoms with E-state index in [9.17, 15) is 4.79 Å². The first-order chi connectivity index (χ1) is 10.1. The summed E-state index contributed by atoms with van der Waals surface area (Å²) >= 11 is 10.3. The van der Waals surface area contributed by atoms with Crippen LogP contribution in [-0.4, -0.2) is 5.91 Å². The molecule has 3 rings (SSSR count). The first-order valence-corrected chi connectivity index (χ1v) is 8.11. The number of hydrogen-bond donors (Lipinski definition) is 1. The van der Waals surface area contributed by atoms with E-state index in [2.05, 4.69) is 40.3 Å². The van der Waals surface area contributed by atoms with E-state index < -0.39 is 0 Å². The smallest absolute Gasteiger partial charge is 0.224 e. The monoisotopic (exact) mass is 363 g/mol. The number of carbonyl (C=O) groups excluding carboxylic acids is 1. The molecule has 1 aliphatic heterocycles. The van der Waals surface area contributed by atoms with Crippen LogP contribution in [0.25, 0.3) is 0 Å². The van der Waals surface area contributed by atoms with Crippen molar-refractivity contribution >= 4 is 39.1 Å². The van der Waals surface area contributed by atoms with Gasteiger partial charge in [0.15, 0.2) is 0 Å². The van der Waals surface area contributed by atoms with Gasteiger partial charge in [0.05, 0.1) is 5.38 Å². The van der Waals surface area contributed by atoms with Crippen LogP contribution in [0.3, 0.4) is 0 Å². The molecule has 2 aromatic carbocycles. The number of carbonyl (C=O) groups is 1. The number of alkyl halides is 1. The number of nitrogens with one attached hydrogen (secondary N) is 1. The summed E-state index contributed by atoms with van der Waals surface area (Å²) < 4.78 is 1.05. The van der Waals surface area contributed by atoms with Crippen molar-refractivity contribution in [1.82, 2.24) is 0 Å². The Hall–Kier alpha value is -1.32. The summed E-state index contributed by atoms with van der Waals surface area (Å²) in [6.45, 7) is 2.06. The van der Waals surface area contributed by atoms with E-state index in [4.69, 9.17) is 11.6 Å². The van der Waals surface area contributed by atoms with Gasteiger partial charge in [0.2, 0.25) is 5.91 Å². The molecule has 1 unspecified atom stereocenters. The molecule has 1 N–H and O–H groups in total. The van der Waals surface area contributed by atoms with Crippen molar-refractivity contribution < 1.29 is 4.79 Å². The normalized spacial score (nSPS) is 15.3. The number of rotatable bonds is 2. The molecule has 2 aromatic rings. The van der Waals surface area contributed by atoms with Crippen LogP contribution in [-0.2, 0) is 11.2 Å². The third-order valence-corrected chi connectivity index (χ3v) is 5.38. The van der Waals surface area contributed by atoms with E-state index >= 15 is 0 Å². The van der Waals surface area contributed by atoms with Crippen LogP contribution in [0, 0.1) is 6.92 Å². The Balaban J connectivity index is 1.97. The zero-order chi connectivity index (χ0) is 15.0. The average Bonchev–Trinajstić information content (AvgIpc) is 2.49. The minimum Gasteiger partial charge on any atom is -0.326 e. The van der Waals surface area contributed by atoms with Crippen LogP contribution in [0.1, 0.15) is 34.1 Å². The van der Waals surface area contributed by atoms with Crippen molar-refractivity contribution in [2.75, 3.05) is 5.32 Å². The van der Waals surface area contributed by atoms with E-state index in [1.54, 1.807) is 0 Å². The fourth-order valence-electron chi connectivity index (χ4n) is 2.61. The van der Waals surface area contributed by atoms with Crippen LogP contribution in [0.5, 0.6) is 0 Å². The largest absolute Gasteiger partial charge is 0.326 e. The Morgan fingerprint density at radius 1 is 1.24 bits per heavy atom. The highest BCUT2D eigenvalue weighted by Crippen LogP contribution is 2.37. The third kappa shape index (κ3) is 2.85. The molecule has 1 aliphatic rings. The van der Waals surface area contributed by atoms with E-state index in [1.807, 2.05) is 24.3 Å². The molecular formula is C17H15BrClNO. The molecule has 108 valence electrons. The number of aryl methyl sites for hydroxylation is 2. The molecule has 0 fully saturated rings. The highest BCUT2D eigenvalue weighted by atomic mass is 79.9. The van der Waals surface area contributed by atoms with Gasteiger partial charge in [0.25, 0.3) is 0 Å². The zero-order valence-corrected chi connectivity index (χ0v) is 14.0. The topological polar surface area (TPSA) is 29.1 Å². The second-order valence-corrected chi connectivity index (χ2v) is 6.53. The summed E-state index contributed by atoms with van der Waals surface area (Å²) in [5.41, 5.74) is 5.35. The molecule has 0 aromatic heterocycles. The Labute approximate surface area is 137 Å². The lowest BCUT2D eigenvalue weighted by atomic mass is 9.96. The van der Waals surface area contributed by atoms with Crippen molar-refractivity contribution in [1.29, 1.82) is 0 Å². The Bertz CT molecular complexity index is 714. The lowest BCUT2D eigenvalue weighted by Gasteiger charge is -2.20. The van der Waals surface area contributed by atoms with Gasteiger partial charge in [-0.1, -0.05) is 46.3 Å².